The van der Waals surface area contributed by atoms with Crippen molar-refractivity contribution in [2.45, 2.75) is 31.8 Å². The predicted octanol–water partition coefficient (Wildman–Crippen LogP) is 7.43. The first-order valence-corrected chi connectivity index (χ1v) is 13.2. The Kier molecular flexibility index (Phi) is 6.81. The van der Waals surface area contributed by atoms with Crippen LogP contribution >= 0.6 is 0 Å². The number of aryl methyl sites for hydroxylation is 1. The summed E-state index contributed by atoms with van der Waals surface area (Å²) < 4.78 is 4.14. The smallest absolute Gasteiger partial charge is 0.273 e. The lowest BCUT2D eigenvalue weighted by Gasteiger charge is -2.18. The highest BCUT2D eigenvalue weighted by Crippen LogP contribution is 2.30. The van der Waals surface area contributed by atoms with Crippen LogP contribution in [0.4, 0.5) is 0 Å². The van der Waals surface area contributed by atoms with Crippen LogP contribution < -0.4 is 5.56 Å². The Bertz CT molecular complexity index is 1830. The van der Waals surface area contributed by atoms with Crippen LogP contribution in [0.1, 0.15) is 30.0 Å². The Morgan fingerprint density at radius 2 is 1.38 bits per heavy atom. The SMILES string of the molecule is [N-]=[N+]=NC[C@@H](CCCn1c2ccccc2c2ccccc21)c1nc2ccccc2n(Cc2ccccc2)c1=O. The molecule has 0 spiro atoms. The van der Waals surface area contributed by atoms with Gasteiger partial charge in [-0.2, -0.15) is 0 Å². The molecular weight excluding hydrogens is 484 g/mol. The third-order valence-corrected chi connectivity index (χ3v) is 7.43. The highest BCUT2D eigenvalue weighted by atomic mass is 16.1. The average Bonchev–Trinajstić information content (AvgIpc) is 3.30. The highest BCUT2D eigenvalue weighted by Gasteiger charge is 2.20. The van der Waals surface area contributed by atoms with Gasteiger partial charge in [0.25, 0.3) is 5.56 Å². The molecule has 39 heavy (non-hydrogen) atoms. The largest absolute Gasteiger partial charge is 0.340 e. The summed E-state index contributed by atoms with van der Waals surface area (Å²) in [6.07, 6.45) is 1.48. The lowest BCUT2D eigenvalue weighted by molar-refractivity contribution is 0.540. The summed E-state index contributed by atoms with van der Waals surface area (Å²) in [6.45, 7) is 1.42. The summed E-state index contributed by atoms with van der Waals surface area (Å²) in [5, 5.41) is 6.35. The number of rotatable bonds is 9. The van der Waals surface area contributed by atoms with E-state index in [-0.39, 0.29) is 18.0 Å². The van der Waals surface area contributed by atoms with Crippen LogP contribution in [0.2, 0.25) is 0 Å². The Hall–Kier alpha value is -4.87. The Morgan fingerprint density at radius 1 is 0.769 bits per heavy atom. The molecule has 0 aliphatic carbocycles. The highest BCUT2D eigenvalue weighted by molar-refractivity contribution is 6.07. The van der Waals surface area contributed by atoms with E-state index in [1.807, 2.05) is 54.6 Å². The molecular formula is C32H28N6O. The molecule has 0 unspecified atom stereocenters. The standard InChI is InChI=1S/C32H28N6O/c33-36-34-21-24(13-10-20-37-28-17-7-4-14-25(28)26-15-5-8-18-29(26)37)31-32(39)38(22-23-11-2-1-3-12-23)30-19-9-6-16-27(30)35-31/h1-9,11-12,14-19,24H,10,13,20-22H2/t24-/m1/s1. The Labute approximate surface area is 225 Å². The molecule has 0 aliphatic heterocycles. The molecule has 6 rings (SSSR count). The van der Waals surface area contributed by atoms with E-state index in [4.69, 9.17) is 10.5 Å². The zero-order valence-corrected chi connectivity index (χ0v) is 21.5. The van der Waals surface area contributed by atoms with Gasteiger partial charge in [0.15, 0.2) is 0 Å². The zero-order chi connectivity index (χ0) is 26.6. The molecule has 0 fully saturated rings. The van der Waals surface area contributed by atoms with Gasteiger partial charge in [0.05, 0.1) is 17.6 Å². The molecule has 0 radical (unpaired) electrons. The lowest BCUT2D eigenvalue weighted by Crippen LogP contribution is -2.29. The number of hydrogen-bond acceptors (Lipinski definition) is 3. The van der Waals surface area contributed by atoms with Crippen molar-refractivity contribution in [2.75, 3.05) is 6.54 Å². The maximum atomic E-state index is 13.9. The van der Waals surface area contributed by atoms with Crippen LogP contribution in [0.25, 0.3) is 43.3 Å². The van der Waals surface area contributed by atoms with Crippen LogP contribution in [0.5, 0.6) is 0 Å². The molecule has 0 saturated carbocycles. The van der Waals surface area contributed by atoms with E-state index in [1.54, 1.807) is 4.57 Å². The summed E-state index contributed by atoms with van der Waals surface area (Å²) in [4.78, 5) is 21.7. The fourth-order valence-corrected chi connectivity index (χ4v) is 5.59. The van der Waals surface area contributed by atoms with Gasteiger partial charge in [-0.05, 0) is 48.2 Å². The van der Waals surface area contributed by atoms with Crippen molar-refractivity contribution in [2.24, 2.45) is 5.11 Å². The molecule has 0 amide bonds. The fourth-order valence-electron chi connectivity index (χ4n) is 5.59. The van der Waals surface area contributed by atoms with Crippen molar-refractivity contribution in [1.29, 1.82) is 0 Å². The number of benzene rings is 4. The molecule has 0 N–H and O–H groups in total. The summed E-state index contributed by atoms with van der Waals surface area (Å²) >= 11 is 0. The Balaban J connectivity index is 1.35. The molecule has 6 aromatic rings. The minimum absolute atomic E-state index is 0.132. The molecule has 7 nitrogen and oxygen atoms in total. The predicted molar refractivity (Wildman–Crippen MR) is 157 cm³/mol. The Morgan fingerprint density at radius 3 is 2.08 bits per heavy atom. The first-order valence-electron chi connectivity index (χ1n) is 13.2. The van der Waals surface area contributed by atoms with E-state index in [2.05, 4.69) is 63.1 Å². The van der Waals surface area contributed by atoms with Crippen molar-refractivity contribution >= 4 is 32.8 Å². The van der Waals surface area contributed by atoms with Gasteiger partial charge in [-0.1, -0.05) is 84.0 Å². The number of aromatic nitrogens is 3. The van der Waals surface area contributed by atoms with Crippen LogP contribution in [-0.2, 0) is 13.1 Å². The van der Waals surface area contributed by atoms with Crippen LogP contribution in [0.15, 0.2) is 113 Å². The maximum absolute atomic E-state index is 13.9. The van der Waals surface area contributed by atoms with Gasteiger partial charge in [-0.3, -0.25) is 4.79 Å². The minimum atomic E-state index is -0.284. The van der Waals surface area contributed by atoms with Gasteiger partial charge in [-0.25, -0.2) is 4.98 Å². The van der Waals surface area contributed by atoms with E-state index in [0.29, 0.717) is 18.7 Å². The fraction of sp³-hybridized carbons (Fsp3) is 0.188. The molecule has 0 bridgehead atoms. The number of nitrogens with zero attached hydrogens (tertiary/aromatic N) is 6. The van der Waals surface area contributed by atoms with Crippen molar-refractivity contribution in [1.82, 2.24) is 14.1 Å². The quantitative estimate of drug-likeness (QED) is 0.115. The van der Waals surface area contributed by atoms with Gasteiger partial charge in [0.2, 0.25) is 0 Å². The monoisotopic (exact) mass is 512 g/mol. The number of fused-ring (bicyclic) bond motifs is 4. The van der Waals surface area contributed by atoms with Gasteiger partial charge in [-0.15, -0.1) is 0 Å². The van der Waals surface area contributed by atoms with E-state index in [9.17, 15) is 4.79 Å². The van der Waals surface area contributed by atoms with E-state index in [0.717, 1.165) is 29.6 Å². The number of para-hydroxylation sites is 4. The van der Waals surface area contributed by atoms with Gasteiger partial charge >= 0.3 is 0 Å². The molecule has 192 valence electrons. The topological polar surface area (TPSA) is 88.6 Å². The van der Waals surface area contributed by atoms with E-state index in [1.165, 1.54) is 21.8 Å². The molecule has 4 aromatic carbocycles. The maximum Gasteiger partial charge on any atom is 0.273 e. The summed E-state index contributed by atoms with van der Waals surface area (Å²) in [5.41, 5.74) is 14.4. The van der Waals surface area contributed by atoms with Crippen LogP contribution in [0, 0.1) is 0 Å². The van der Waals surface area contributed by atoms with Crippen molar-refractivity contribution in [3.8, 4) is 0 Å². The zero-order valence-electron chi connectivity index (χ0n) is 21.5. The second kappa shape index (κ2) is 10.9. The van der Waals surface area contributed by atoms with Gasteiger partial charge in [0, 0.05) is 45.7 Å². The van der Waals surface area contributed by atoms with E-state index < -0.39 is 0 Å². The molecule has 0 saturated heterocycles. The summed E-state index contributed by atoms with van der Waals surface area (Å²) in [7, 11) is 0. The van der Waals surface area contributed by atoms with Crippen LogP contribution in [0.3, 0.4) is 0 Å². The average molecular weight is 513 g/mol. The second-order valence-electron chi connectivity index (χ2n) is 9.80. The molecule has 0 aliphatic rings. The molecule has 2 aromatic heterocycles. The van der Waals surface area contributed by atoms with Crippen molar-refractivity contribution in [3.63, 3.8) is 0 Å². The minimum Gasteiger partial charge on any atom is -0.340 e. The molecule has 1 atom stereocenters. The molecule has 2 heterocycles. The van der Waals surface area contributed by atoms with E-state index >= 15 is 0 Å². The van der Waals surface area contributed by atoms with Crippen molar-refractivity contribution in [3.05, 3.63) is 135 Å². The summed E-state index contributed by atoms with van der Waals surface area (Å²) in [6, 6.07) is 34.6. The van der Waals surface area contributed by atoms with Gasteiger partial charge in [0.1, 0.15) is 5.69 Å². The molecule has 7 heteroatoms. The van der Waals surface area contributed by atoms with Crippen molar-refractivity contribution < 1.29 is 0 Å². The first-order chi connectivity index (χ1) is 19.2. The number of hydrogen-bond donors (Lipinski definition) is 0. The number of azide groups is 1. The first kappa shape index (κ1) is 24.5. The third kappa shape index (κ3) is 4.76. The second-order valence-corrected chi connectivity index (χ2v) is 9.80. The third-order valence-electron chi connectivity index (χ3n) is 7.43. The van der Waals surface area contributed by atoms with Gasteiger partial charge < -0.3 is 9.13 Å². The normalized spacial score (nSPS) is 12.1. The lowest BCUT2D eigenvalue weighted by atomic mass is 9.99. The summed E-state index contributed by atoms with van der Waals surface area (Å²) in [5.74, 6) is -0.284. The van der Waals surface area contributed by atoms with Crippen LogP contribution in [-0.4, -0.2) is 20.7 Å².